The zero-order valence-electron chi connectivity index (χ0n) is 6.89. The Labute approximate surface area is 81.3 Å². The molecule has 1 nitrogen and oxygen atoms in total. The Morgan fingerprint density at radius 2 is 2.33 bits per heavy atom. The number of hydrogen-bond acceptors (Lipinski definition) is 1. The van der Waals surface area contributed by atoms with Crippen LogP contribution in [0.4, 0.5) is 5.69 Å². The van der Waals surface area contributed by atoms with Crippen LogP contribution in [-0.4, -0.2) is 6.54 Å². The SMILES string of the molecule is C#CCNc1cc(C)ccc1Br. The van der Waals surface area contributed by atoms with Gasteiger partial charge in [-0.05, 0) is 40.5 Å². The van der Waals surface area contributed by atoms with E-state index in [4.69, 9.17) is 6.42 Å². The Hall–Kier alpha value is -0.940. The monoisotopic (exact) mass is 223 g/mol. The van der Waals surface area contributed by atoms with Crippen LogP contribution in [0.2, 0.25) is 0 Å². The largest absolute Gasteiger partial charge is 0.373 e. The van der Waals surface area contributed by atoms with Gasteiger partial charge in [-0.25, -0.2) is 0 Å². The molecule has 62 valence electrons. The molecule has 0 heterocycles. The van der Waals surface area contributed by atoms with Crippen LogP contribution in [0, 0.1) is 19.3 Å². The van der Waals surface area contributed by atoms with E-state index in [0.717, 1.165) is 10.2 Å². The number of anilines is 1. The number of terminal acetylenes is 1. The maximum atomic E-state index is 5.14. The number of aryl methyl sites for hydroxylation is 1. The van der Waals surface area contributed by atoms with Gasteiger partial charge in [0.2, 0.25) is 0 Å². The number of hydrogen-bond donors (Lipinski definition) is 1. The molecule has 0 saturated heterocycles. The Kier molecular flexibility index (Phi) is 3.19. The second kappa shape index (κ2) is 4.18. The van der Waals surface area contributed by atoms with Gasteiger partial charge in [-0.1, -0.05) is 12.0 Å². The predicted molar refractivity (Wildman–Crippen MR) is 56.2 cm³/mol. The highest BCUT2D eigenvalue weighted by atomic mass is 79.9. The van der Waals surface area contributed by atoms with Crippen LogP contribution >= 0.6 is 15.9 Å². The third kappa shape index (κ3) is 2.28. The fraction of sp³-hybridized carbons (Fsp3) is 0.200. The minimum absolute atomic E-state index is 0.558. The van der Waals surface area contributed by atoms with E-state index >= 15 is 0 Å². The van der Waals surface area contributed by atoms with Gasteiger partial charge >= 0.3 is 0 Å². The Balaban J connectivity index is 2.84. The predicted octanol–water partition coefficient (Wildman–Crippen LogP) is 2.80. The van der Waals surface area contributed by atoms with Gasteiger partial charge in [0.15, 0.2) is 0 Å². The molecule has 0 spiro atoms. The van der Waals surface area contributed by atoms with Crippen molar-refractivity contribution >= 4 is 21.6 Å². The van der Waals surface area contributed by atoms with Crippen molar-refractivity contribution in [2.75, 3.05) is 11.9 Å². The second-order valence-corrected chi connectivity index (χ2v) is 3.40. The molecule has 0 radical (unpaired) electrons. The molecular weight excluding hydrogens is 214 g/mol. The lowest BCUT2D eigenvalue weighted by atomic mass is 10.2. The molecule has 0 saturated carbocycles. The minimum atomic E-state index is 0.558. The number of nitrogens with one attached hydrogen (secondary N) is 1. The van der Waals surface area contributed by atoms with Crippen LogP contribution in [-0.2, 0) is 0 Å². The van der Waals surface area contributed by atoms with Gasteiger partial charge < -0.3 is 5.32 Å². The maximum absolute atomic E-state index is 5.14. The molecule has 0 aliphatic heterocycles. The summed E-state index contributed by atoms with van der Waals surface area (Å²) >= 11 is 3.43. The summed E-state index contributed by atoms with van der Waals surface area (Å²) in [5.74, 6) is 2.53. The van der Waals surface area contributed by atoms with Crippen LogP contribution in [0.5, 0.6) is 0 Å². The van der Waals surface area contributed by atoms with Crippen molar-refractivity contribution in [2.24, 2.45) is 0 Å². The van der Waals surface area contributed by atoms with E-state index in [9.17, 15) is 0 Å². The van der Waals surface area contributed by atoms with Crippen LogP contribution in [0.25, 0.3) is 0 Å². The van der Waals surface area contributed by atoms with Crippen molar-refractivity contribution < 1.29 is 0 Å². The molecule has 1 rings (SSSR count). The van der Waals surface area contributed by atoms with Crippen LogP contribution in [0.3, 0.4) is 0 Å². The van der Waals surface area contributed by atoms with E-state index < -0.39 is 0 Å². The molecule has 1 aromatic carbocycles. The summed E-state index contributed by atoms with van der Waals surface area (Å²) in [6, 6.07) is 6.11. The van der Waals surface area contributed by atoms with Gasteiger partial charge in [0, 0.05) is 10.2 Å². The van der Waals surface area contributed by atoms with Gasteiger partial charge in [-0.15, -0.1) is 6.42 Å². The van der Waals surface area contributed by atoms with Gasteiger partial charge in [0.25, 0.3) is 0 Å². The van der Waals surface area contributed by atoms with Crippen LogP contribution < -0.4 is 5.32 Å². The average molecular weight is 224 g/mol. The van der Waals surface area contributed by atoms with E-state index in [-0.39, 0.29) is 0 Å². The first-order valence-corrected chi connectivity index (χ1v) is 4.47. The van der Waals surface area contributed by atoms with E-state index in [1.807, 2.05) is 19.1 Å². The molecule has 0 aromatic heterocycles. The first-order chi connectivity index (χ1) is 5.74. The Morgan fingerprint density at radius 1 is 1.58 bits per heavy atom. The Morgan fingerprint density at radius 3 is 3.00 bits per heavy atom. The fourth-order valence-electron chi connectivity index (χ4n) is 0.921. The fourth-order valence-corrected chi connectivity index (χ4v) is 1.31. The molecule has 0 bridgehead atoms. The van der Waals surface area contributed by atoms with E-state index in [1.54, 1.807) is 0 Å². The summed E-state index contributed by atoms with van der Waals surface area (Å²) < 4.78 is 1.04. The number of rotatable bonds is 2. The van der Waals surface area contributed by atoms with Gasteiger partial charge in [0.1, 0.15) is 0 Å². The lowest BCUT2D eigenvalue weighted by Crippen LogP contribution is -1.98. The minimum Gasteiger partial charge on any atom is -0.373 e. The van der Waals surface area contributed by atoms with Crippen molar-refractivity contribution in [1.29, 1.82) is 0 Å². The van der Waals surface area contributed by atoms with E-state index in [0.29, 0.717) is 6.54 Å². The summed E-state index contributed by atoms with van der Waals surface area (Å²) in [6.45, 7) is 2.61. The molecule has 0 amide bonds. The zero-order chi connectivity index (χ0) is 8.97. The van der Waals surface area contributed by atoms with Crippen molar-refractivity contribution in [3.05, 3.63) is 28.2 Å². The molecule has 0 fully saturated rings. The summed E-state index contributed by atoms with van der Waals surface area (Å²) in [5, 5.41) is 3.12. The maximum Gasteiger partial charge on any atom is 0.0763 e. The molecule has 2 heteroatoms. The molecular formula is C10H10BrN. The first kappa shape index (κ1) is 9.15. The van der Waals surface area contributed by atoms with Crippen molar-refractivity contribution in [3.63, 3.8) is 0 Å². The highest BCUT2D eigenvalue weighted by Crippen LogP contribution is 2.22. The molecule has 1 aromatic rings. The smallest absolute Gasteiger partial charge is 0.0763 e. The molecule has 12 heavy (non-hydrogen) atoms. The van der Waals surface area contributed by atoms with Gasteiger partial charge in [-0.2, -0.15) is 0 Å². The van der Waals surface area contributed by atoms with E-state index in [2.05, 4.69) is 33.2 Å². The highest BCUT2D eigenvalue weighted by Gasteiger charge is 1.96. The van der Waals surface area contributed by atoms with Crippen molar-refractivity contribution in [2.45, 2.75) is 6.92 Å². The standard InChI is InChI=1S/C10H10BrN/c1-3-6-12-10-7-8(2)4-5-9(10)11/h1,4-5,7,12H,6H2,2H3. The summed E-state index contributed by atoms with van der Waals surface area (Å²) in [5.41, 5.74) is 2.27. The molecule has 0 aliphatic carbocycles. The van der Waals surface area contributed by atoms with Crippen molar-refractivity contribution in [3.8, 4) is 12.3 Å². The third-order valence-corrected chi connectivity index (χ3v) is 2.19. The number of benzene rings is 1. The lowest BCUT2D eigenvalue weighted by molar-refractivity contribution is 1.34. The molecule has 0 aliphatic rings. The van der Waals surface area contributed by atoms with Gasteiger partial charge in [-0.3, -0.25) is 0 Å². The Bertz CT molecular complexity index is 312. The van der Waals surface area contributed by atoms with Crippen molar-refractivity contribution in [1.82, 2.24) is 0 Å². The summed E-state index contributed by atoms with van der Waals surface area (Å²) in [4.78, 5) is 0. The molecule has 1 N–H and O–H groups in total. The van der Waals surface area contributed by atoms with Crippen LogP contribution in [0.15, 0.2) is 22.7 Å². The normalized spacial score (nSPS) is 9.08. The third-order valence-electron chi connectivity index (χ3n) is 1.50. The molecule has 0 unspecified atom stereocenters. The topological polar surface area (TPSA) is 12.0 Å². The van der Waals surface area contributed by atoms with Crippen LogP contribution in [0.1, 0.15) is 5.56 Å². The summed E-state index contributed by atoms with van der Waals surface area (Å²) in [6.07, 6.45) is 5.14. The zero-order valence-corrected chi connectivity index (χ0v) is 8.48. The quantitative estimate of drug-likeness (QED) is 0.761. The first-order valence-electron chi connectivity index (χ1n) is 3.67. The average Bonchev–Trinajstić information content (AvgIpc) is 2.07. The molecule has 0 atom stereocenters. The van der Waals surface area contributed by atoms with E-state index in [1.165, 1.54) is 5.56 Å². The lowest BCUT2D eigenvalue weighted by Gasteiger charge is -2.05. The summed E-state index contributed by atoms with van der Waals surface area (Å²) in [7, 11) is 0. The second-order valence-electron chi connectivity index (χ2n) is 2.54. The highest BCUT2D eigenvalue weighted by molar-refractivity contribution is 9.10. The van der Waals surface area contributed by atoms with Gasteiger partial charge in [0.05, 0.1) is 6.54 Å². The number of halogens is 1.